The van der Waals surface area contributed by atoms with Gasteiger partial charge in [-0.25, -0.2) is 4.39 Å². The number of aryl methyl sites for hydroxylation is 2. The van der Waals surface area contributed by atoms with Gasteiger partial charge in [0.25, 0.3) is 0 Å². The average molecular weight is 453 g/mol. The molecule has 1 aliphatic rings. The van der Waals surface area contributed by atoms with E-state index in [1.165, 1.54) is 6.07 Å². The molecule has 0 spiro atoms. The maximum absolute atomic E-state index is 15.4. The van der Waals surface area contributed by atoms with Crippen LogP contribution in [0.3, 0.4) is 0 Å². The summed E-state index contributed by atoms with van der Waals surface area (Å²) in [5, 5.41) is 2.29. The molecule has 1 aromatic heterocycles. The van der Waals surface area contributed by atoms with E-state index in [0.717, 1.165) is 0 Å². The molecule has 1 amide bonds. The van der Waals surface area contributed by atoms with Gasteiger partial charge in [-0.3, -0.25) is 9.78 Å². The number of hydrogen-bond acceptors (Lipinski definition) is 4. The molecule has 1 saturated heterocycles. The fourth-order valence-corrected chi connectivity index (χ4v) is 4.10. The van der Waals surface area contributed by atoms with Crippen LogP contribution in [0.15, 0.2) is 24.3 Å². The topological polar surface area (TPSA) is 54.5 Å². The average Bonchev–Trinajstić information content (AvgIpc) is 2.63. The van der Waals surface area contributed by atoms with Crippen LogP contribution in [0.2, 0.25) is 0 Å². The summed E-state index contributed by atoms with van der Waals surface area (Å²) in [6, 6.07) is 6.57. The molecule has 174 valence electrons. The zero-order chi connectivity index (χ0) is 23.6. The molecule has 9 heteroatoms. The van der Waals surface area contributed by atoms with Crippen LogP contribution in [0.1, 0.15) is 37.2 Å². The summed E-state index contributed by atoms with van der Waals surface area (Å²) in [6.07, 6.45) is -6.31. The molecule has 2 unspecified atom stereocenters. The zero-order valence-corrected chi connectivity index (χ0v) is 18.5. The maximum atomic E-state index is 15.4. The van der Waals surface area contributed by atoms with Crippen LogP contribution in [0.4, 0.5) is 23.2 Å². The monoisotopic (exact) mass is 453 g/mol. The van der Waals surface area contributed by atoms with Crippen molar-refractivity contribution in [3.63, 3.8) is 0 Å². The number of carbonyl (C=O) groups is 1. The van der Waals surface area contributed by atoms with Crippen LogP contribution in [-0.2, 0) is 16.1 Å². The molecule has 1 N–H and O–H groups in total. The number of carbonyl (C=O) groups excluding carboxylic acids is 1. The highest BCUT2D eigenvalue weighted by Crippen LogP contribution is 2.33. The number of aromatic nitrogens is 1. The molecule has 1 aliphatic heterocycles. The molecule has 5 nitrogen and oxygen atoms in total. The van der Waals surface area contributed by atoms with E-state index in [1.807, 2.05) is 18.7 Å². The second kappa shape index (κ2) is 9.44. The molecule has 0 aliphatic carbocycles. The Balaban J connectivity index is 2.00. The van der Waals surface area contributed by atoms with E-state index in [-0.39, 0.29) is 24.3 Å². The molecule has 0 bridgehead atoms. The van der Waals surface area contributed by atoms with Gasteiger partial charge in [-0.2, -0.15) is 13.2 Å². The van der Waals surface area contributed by atoms with Crippen LogP contribution < -0.4 is 10.2 Å². The Kier molecular flexibility index (Phi) is 7.07. The highest BCUT2D eigenvalue weighted by atomic mass is 19.4. The predicted molar refractivity (Wildman–Crippen MR) is 114 cm³/mol. The van der Waals surface area contributed by atoms with E-state index in [9.17, 15) is 18.0 Å². The number of amides is 1. The largest absolute Gasteiger partial charge is 0.397 e. The van der Waals surface area contributed by atoms with Crippen molar-refractivity contribution >= 4 is 11.6 Å². The smallest absolute Gasteiger partial charge is 0.372 e. The van der Waals surface area contributed by atoms with E-state index >= 15 is 4.39 Å². The second-order valence-electron chi connectivity index (χ2n) is 8.33. The number of nitrogens with zero attached hydrogens (tertiary/aromatic N) is 2. The van der Waals surface area contributed by atoms with E-state index in [1.54, 1.807) is 32.0 Å². The molecule has 2 atom stereocenters. The Morgan fingerprint density at radius 2 is 1.72 bits per heavy atom. The van der Waals surface area contributed by atoms with Gasteiger partial charge in [-0.15, -0.1) is 0 Å². The SMILES string of the molecule is Cc1cc(-c2c(F)cc(N3CC(C)OC(C)C3)cc2CNC(=O)CC(F)(F)F)cc(C)n1. The zero-order valence-electron chi connectivity index (χ0n) is 18.5. The second-order valence-corrected chi connectivity index (χ2v) is 8.33. The Morgan fingerprint density at radius 1 is 1.12 bits per heavy atom. The number of ether oxygens (including phenoxy) is 1. The summed E-state index contributed by atoms with van der Waals surface area (Å²) < 4.78 is 58.9. The number of halogens is 4. The van der Waals surface area contributed by atoms with Crippen LogP contribution in [-0.4, -0.2) is 42.4 Å². The minimum Gasteiger partial charge on any atom is -0.372 e. The van der Waals surface area contributed by atoms with E-state index in [0.29, 0.717) is 41.3 Å². The Hall–Kier alpha value is -2.68. The summed E-state index contributed by atoms with van der Waals surface area (Å²) in [5.41, 5.74) is 3.16. The Bertz CT molecular complexity index is 964. The number of nitrogens with one attached hydrogen (secondary N) is 1. The van der Waals surface area contributed by atoms with Crippen LogP contribution in [0.25, 0.3) is 11.1 Å². The number of pyridine rings is 1. The molecule has 0 saturated carbocycles. The van der Waals surface area contributed by atoms with Gasteiger partial charge in [0.1, 0.15) is 12.2 Å². The number of rotatable bonds is 5. The lowest BCUT2D eigenvalue weighted by molar-refractivity contribution is -0.153. The van der Waals surface area contributed by atoms with Crippen molar-refractivity contribution in [3.8, 4) is 11.1 Å². The normalized spacial score (nSPS) is 19.2. The summed E-state index contributed by atoms with van der Waals surface area (Å²) in [4.78, 5) is 18.1. The fourth-order valence-electron chi connectivity index (χ4n) is 4.10. The number of benzene rings is 1. The third kappa shape index (κ3) is 6.18. The van der Waals surface area contributed by atoms with Gasteiger partial charge in [0.2, 0.25) is 5.91 Å². The van der Waals surface area contributed by atoms with Gasteiger partial charge in [0.05, 0.1) is 12.2 Å². The number of morpholine rings is 1. The number of anilines is 1. The van der Waals surface area contributed by atoms with Crippen molar-refractivity contribution in [1.82, 2.24) is 10.3 Å². The highest BCUT2D eigenvalue weighted by Gasteiger charge is 2.31. The lowest BCUT2D eigenvalue weighted by Crippen LogP contribution is -2.45. The van der Waals surface area contributed by atoms with Crippen LogP contribution in [0.5, 0.6) is 0 Å². The van der Waals surface area contributed by atoms with Gasteiger partial charge in [0, 0.05) is 42.3 Å². The first kappa shape index (κ1) is 24.0. The molecule has 1 fully saturated rings. The lowest BCUT2D eigenvalue weighted by atomic mass is 9.97. The van der Waals surface area contributed by atoms with Gasteiger partial charge in [-0.05, 0) is 63.1 Å². The summed E-state index contributed by atoms with van der Waals surface area (Å²) in [7, 11) is 0. The van der Waals surface area contributed by atoms with E-state index in [4.69, 9.17) is 4.74 Å². The first-order valence-corrected chi connectivity index (χ1v) is 10.4. The van der Waals surface area contributed by atoms with Crippen molar-refractivity contribution in [2.24, 2.45) is 0 Å². The van der Waals surface area contributed by atoms with E-state index in [2.05, 4.69) is 10.3 Å². The van der Waals surface area contributed by atoms with Crippen molar-refractivity contribution < 1.29 is 27.1 Å². The molecule has 3 rings (SSSR count). The molecule has 1 aromatic carbocycles. The molecular weight excluding hydrogens is 426 g/mol. The van der Waals surface area contributed by atoms with Crippen LogP contribution in [0, 0.1) is 19.7 Å². The maximum Gasteiger partial charge on any atom is 0.397 e. The van der Waals surface area contributed by atoms with Gasteiger partial charge in [0.15, 0.2) is 0 Å². The van der Waals surface area contributed by atoms with Gasteiger partial charge < -0.3 is 15.0 Å². The van der Waals surface area contributed by atoms with Crippen molar-refractivity contribution in [2.75, 3.05) is 18.0 Å². The quantitative estimate of drug-likeness (QED) is 0.668. The van der Waals surface area contributed by atoms with E-state index < -0.39 is 24.3 Å². The summed E-state index contributed by atoms with van der Waals surface area (Å²) in [6.45, 7) is 8.29. The van der Waals surface area contributed by atoms with Crippen molar-refractivity contribution in [2.45, 2.75) is 59.0 Å². The molecule has 2 aromatic rings. The first-order chi connectivity index (χ1) is 14.9. The Labute approximate surface area is 184 Å². The van der Waals surface area contributed by atoms with Crippen LogP contribution >= 0.6 is 0 Å². The molecular formula is C23H27F4N3O2. The third-order valence-corrected chi connectivity index (χ3v) is 5.15. The Morgan fingerprint density at radius 3 is 2.28 bits per heavy atom. The predicted octanol–water partition coefficient (Wildman–Crippen LogP) is 4.69. The number of alkyl halides is 3. The number of hydrogen-bond donors (Lipinski definition) is 1. The minimum atomic E-state index is -4.61. The fraction of sp³-hybridized carbons (Fsp3) is 0.478. The summed E-state index contributed by atoms with van der Waals surface area (Å²) >= 11 is 0. The van der Waals surface area contributed by atoms with Crippen molar-refractivity contribution in [3.05, 3.63) is 47.0 Å². The standard InChI is InChI=1S/C23H27F4N3O2/c1-13-5-17(6-14(2)29-13)22-18(10-28-21(31)9-23(25,26)27)7-19(8-20(22)24)30-11-15(3)32-16(4)12-30/h5-8,15-16H,9-12H2,1-4H3,(H,28,31). The molecule has 32 heavy (non-hydrogen) atoms. The van der Waals surface area contributed by atoms with Crippen molar-refractivity contribution in [1.29, 1.82) is 0 Å². The minimum absolute atomic E-state index is 0.0538. The van der Waals surface area contributed by atoms with Gasteiger partial charge >= 0.3 is 6.18 Å². The molecule has 2 heterocycles. The third-order valence-electron chi connectivity index (χ3n) is 5.15. The lowest BCUT2D eigenvalue weighted by Gasteiger charge is -2.37. The summed E-state index contributed by atoms with van der Waals surface area (Å²) in [5.74, 6) is -1.68. The highest BCUT2D eigenvalue weighted by molar-refractivity contribution is 5.78. The first-order valence-electron chi connectivity index (χ1n) is 10.4. The van der Waals surface area contributed by atoms with Gasteiger partial charge in [-0.1, -0.05) is 0 Å². The molecule has 0 radical (unpaired) electrons.